The molecule has 2 N–H and O–H groups in total. The van der Waals surface area contributed by atoms with Gasteiger partial charge in [0.15, 0.2) is 10.8 Å². The number of esters is 1. The Balaban J connectivity index is 1.18. The van der Waals surface area contributed by atoms with E-state index >= 15 is 0 Å². The minimum absolute atomic E-state index is 0.00854. The SMILES string of the molecule is CCc1[nH]c2nc(Sc3cnc4nccnc4c3)nc(N3CC(NC(=O)CCC4CCOC4=O)C3)c2c1Cl. The Morgan fingerprint density at radius 3 is 2.89 bits per heavy atom. The third-order valence-corrected chi connectivity index (χ3v) is 8.04. The molecular formula is C25H25ClN8O3S. The monoisotopic (exact) mass is 552 g/mol. The fraction of sp³-hybridized carbons (Fsp3) is 0.400. The number of cyclic esters (lactones) is 1. The molecule has 4 aromatic rings. The summed E-state index contributed by atoms with van der Waals surface area (Å²) in [5.74, 6) is 0.304. The van der Waals surface area contributed by atoms with E-state index in [-0.39, 0.29) is 23.8 Å². The quantitative estimate of drug-likeness (QED) is 0.247. The molecule has 1 unspecified atom stereocenters. The Hall–Kier alpha value is -3.51. The van der Waals surface area contributed by atoms with E-state index in [4.69, 9.17) is 26.3 Å². The Kier molecular flexibility index (Phi) is 6.75. The van der Waals surface area contributed by atoms with Crippen LogP contribution in [0.4, 0.5) is 5.82 Å². The molecule has 4 aromatic heterocycles. The van der Waals surface area contributed by atoms with Crippen molar-refractivity contribution in [3.05, 3.63) is 35.4 Å². The number of rotatable bonds is 8. The summed E-state index contributed by atoms with van der Waals surface area (Å²) >= 11 is 8.11. The van der Waals surface area contributed by atoms with Gasteiger partial charge in [-0.1, -0.05) is 18.5 Å². The Labute approximate surface area is 227 Å². The molecule has 2 saturated heterocycles. The van der Waals surface area contributed by atoms with Crippen LogP contribution in [0.2, 0.25) is 5.02 Å². The van der Waals surface area contributed by atoms with Gasteiger partial charge in [0.05, 0.1) is 29.0 Å². The first-order chi connectivity index (χ1) is 18.5. The molecule has 2 aliphatic heterocycles. The number of carbonyl (C=O) groups is 2. The summed E-state index contributed by atoms with van der Waals surface area (Å²) in [4.78, 5) is 52.9. The average Bonchev–Trinajstić information content (AvgIpc) is 3.46. The third kappa shape index (κ3) is 4.85. The van der Waals surface area contributed by atoms with E-state index in [2.05, 4.69) is 30.2 Å². The summed E-state index contributed by atoms with van der Waals surface area (Å²) < 4.78 is 4.98. The minimum Gasteiger partial charge on any atom is -0.465 e. The zero-order valence-electron chi connectivity index (χ0n) is 20.6. The number of anilines is 1. The zero-order valence-corrected chi connectivity index (χ0v) is 22.2. The largest absolute Gasteiger partial charge is 0.465 e. The van der Waals surface area contributed by atoms with Gasteiger partial charge < -0.3 is 19.9 Å². The second-order valence-corrected chi connectivity index (χ2v) is 10.8. The number of carbonyl (C=O) groups excluding carboxylic acids is 2. The number of aromatic nitrogens is 6. The summed E-state index contributed by atoms with van der Waals surface area (Å²) in [6, 6.07) is 1.90. The maximum atomic E-state index is 12.5. The van der Waals surface area contributed by atoms with E-state index in [1.165, 1.54) is 11.8 Å². The number of hydrogen-bond acceptors (Lipinski definition) is 10. The van der Waals surface area contributed by atoms with Crippen LogP contribution < -0.4 is 10.2 Å². The third-order valence-electron chi connectivity index (χ3n) is 6.80. The number of aromatic amines is 1. The maximum absolute atomic E-state index is 12.5. The van der Waals surface area contributed by atoms with Crippen LogP contribution in [0.3, 0.4) is 0 Å². The van der Waals surface area contributed by atoms with Gasteiger partial charge >= 0.3 is 5.97 Å². The number of nitrogens with one attached hydrogen (secondary N) is 2. The minimum atomic E-state index is -0.198. The number of aryl methyl sites for hydroxylation is 1. The average molecular weight is 553 g/mol. The Morgan fingerprint density at radius 2 is 2.11 bits per heavy atom. The van der Waals surface area contributed by atoms with Crippen molar-refractivity contribution in [3.8, 4) is 0 Å². The summed E-state index contributed by atoms with van der Waals surface area (Å²) in [5.41, 5.74) is 2.84. The van der Waals surface area contributed by atoms with Crippen LogP contribution in [0, 0.1) is 5.92 Å². The predicted octanol–water partition coefficient (Wildman–Crippen LogP) is 3.31. The molecular weight excluding hydrogens is 528 g/mol. The number of H-pyrrole nitrogens is 1. The molecule has 0 spiro atoms. The van der Waals surface area contributed by atoms with Crippen molar-refractivity contribution < 1.29 is 14.3 Å². The van der Waals surface area contributed by atoms with Gasteiger partial charge in [0.1, 0.15) is 17.0 Å². The van der Waals surface area contributed by atoms with Crippen molar-refractivity contribution in [2.24, 2.45) is 5.92 Å². The Bertz CT molecular complexity index is 1540. The number of amides is 1. The molecule has 0 bridgehead atoms. The maximum Gasteiger partial charge on any atom is 0.309 e. The highest BCUT2D eigenvalue weighted by Crippen LogP contribution is 2.38. The lowest BCUT2D eigenvalue weighted by Crippen LogP contribution is -2.59. The number of hydrogen-bond donors (Lipinski definition) is 2. The van der Waals surface area contributed by atoms with Crippen molar-refractivity contribution in [3.63, 3.8) is 0 Å². The normalized spacial score (nSPS) is 17.7. The molecule has 1 atom stereocenters. The van der Waals surface area contributed by atoms with E-state index in [1.807, 2.05) is 13.0 Å². The van der Waals surface area contributed by atoms with Gasteiger partial charge in [-0.15, -0.1) is 0 Å². The first-order valence-corrected chi connectivity index (χ1v) is 13.7. The Morgan fingerprint density at radius 1 is 1.26 bits per heavy atom. The zero-order chi connectivity index (χ0) is 26.2. The molecule has 196 valence electrons. The highest BCUT2D eigenvalue weighted by Gasteiger charge is 2.33. The number of ether oxygens (including phenoxy) is 1. The summed E-state index contributed by atoms with van der Waals surface area (Å²) in [5, 5.41) is 5.01. The van der Waals surface area contributed by atoms with Crippen LogP contribution in [0.15, 0.2) is 34.7 Å². The van der Waals surface area contributed by atoms with Gasteiger partial charge in [-0.2, -0.15) is 0 Å². The molecule has 0 aliphatic carbocycles. The highest BCUT2D eigenvalue weighted by atomic mass is 35.5. The van der Waals surface area contributed by atoms with Crippen molar-refractivity contribution in [1.29, 1.82) is 0 Å². The van der Waals surface area contributed by atoms with Gasteiger partial charge in [0.25, 0.3) is 0 Å². The molecule has 2 fully saturated rings. The van der Waals surface area contributed by atoms with Gasteiger partial charge in [-0.3, -0.25) is 14.6 Å². The van der Waals surface area contributed by atoms with E-state index in [1.54, 1.807) is 18.6 Å². The molecule has 0 saturated carbocycles. The molecule has 13 heteroatoms. The lowest BCUT2D eigenvalue weighted by Gasteiger charge is -2.40. The topological polar surface area (TPSA) is 139 Å². The number of fused-ring (bicyclic) bond motifs is 2. The second-order valence-electron chi connectivity index (χ2n) is 9.36. The molecule has 2 aliphatic rings. The molecule has 0 radical (unpaired) electrons. The molecule has 0 aromatic carbocycles. The smallest absolute Gasteiger partial charge is 0.309 e. The summed E-state index contributed by atoms with van der Waals surface area (Å²) in [6.07, 6.45) is 7.22. The molecule has 38 heavy (non-hydrogen) atoms. The van der Waals surface area contributed by atoms with Crippen LogP contribution in [-0.4, -0.2) is 67.5 Å². The molecule has 11 nitrogen and oxygen atoms in total. The number of halogens is 1. The molecule has 1 amide bonds. The molecule has 6 rings (SSSR count). The number of nitrogens with zero attached hydrogens (tertiary/aromatic N) is 6. The van der Waals surface area contributed by atoms with Crippen LogP contribution in [0.1, 0.15) is 31.9 Å². The van der Waals surface area contributed by atoms with Crippen molar-refractivity contribution in [1.82, 2.24) is 35.2 Å². The van der Waals surface area contributed by atoms with E-state index in [0.29, 0.717) is 65.9 Å². The van der Waals surface area contributed by atoms with Crippen molar-refractivity contribution in [2.75, 3.05) is 24.6 Å². The second kappa shape index (κ2) is 10.3. The van der Waals surface area contributed by atoms with Crippen LogP contribution in [0.25, 0.3) is 22.2 Å². The van der Waals surface area contributed by atoms with Crippen LogP contribution in [0.5, 0.6) is 0 Å². The highest BCUT2D eigenvalue weighted by molar-refractivity contribution is 7.99. The van der Waals surface area contributed by atoms with Gasteiger partial charge in [-0.25, -0.2) is 19.9 Å². The standard InChI is InChI=1S/C25H25ClN8O3S/c1-2-16-20(26)19-22(31-16)32-25(38-15-9-17-21(29-10-15)28-7-6-27-17)33-23(19)34-11-14(12-34)30-18(35)4-3-13-5-8-37-24(13)36/h6-7,9-10,13-14H,2-5,8,11-12H2,1H3,(H,30,35)(H,31,32,33). The van der Waals surface area contributed by atoms with Gasteiger partial charge in [0, 0.05) is 48.7 Å². The summed E-state index contributed by atoms with van der Waals surface area (Å²) in [7, 11) is 0. The van der Waals surface area contributed by atoms with Crippen LogP contribution >= 0.6 is 23.4 Å². The predicted molar refractivity (Wildman–Crippen MR) is 142 cm³/mol. The van der Waals surface area contributed by atoms with E-state index < -0.39 is 0 Å². The van der Waals surface area contributed by atoms with E-state index in [0.717, 1.165) is 28.2 Å². The first kappa shape index (κ1) is 24.8. The lowest BCUT2D eigenvalue weighted by atomic mass is 10.0. The first-order valence-electron chi connectivity index (χ1n) is 12.5. The lowest BCUT2D eigenvalue weighted by molar-refractivity contribution is -0.141. The molecule has 6 heterocycles. The number of pyridine rings is 1. The summed E-state index contributed by atoms with van der Waals surface area (Å²) in [6.45, 7) is 3.68. The van der Waals surface area contributed by atoms with E-state index in [9.17, 15) is 9.59 Å². The van der Waals surface area contributed by atoms with Crippen molar-refractivity contribution >= 4 is 63.3 Å². The van der Waals surface area contributed by atoms with Gasteiger partial charge in [-0.05, 0) is 37.1 Å². The van der Waals surface area contributed by atoms with Crippen molar-refractivity contribution in [2.45, 2.75) is 48.7 Å². The van der Waals surface area contributed by atoms with Crippen LogP contribution in [-0.2, 0) is 20.7 Å². The fourth-order valence-corrected chi connectivity index (χ4v) is 5.85. The fourth-order valence-electron chi connectivity index (χ4n) is 4.74. The van der Waals surface area contributed by atoms with Gasteiger partial charge in [0.2, 0.25) is 5.91 Å².